The van der Waals surface area contributed by atoms with Gasteiger partial charge in [0.25, 0.3) is 5.91 Å². The van der Waals surface area contributed by atoms with Crippen LogP contribution in [0.15, 0.2) is 64.9 Å². The van der Waals surface area contributed by atoms with Gasteiger partial charge in [-0.15, -0.1) is 11.3 Å². The summed E-state index contributed by atoms with van der Waals surface area (Å²) in [6.45, 7) is 2.90. The fourth-order valence-corrected chi connectivity index (χ4v) is 6.51. The molecular formula is C25H24ClN5O3S2. The van der Waals surface area contributed by atoms with Gasteiger partial charge in [-0.2, -0.15) is 14.1 Å². The Morgan fingerprint density at radius 3 is 2.42 bits per heavy atom. The van der Waals surface area contributed by atoms with Crippen molar-refractivity contribution in [3.63, 3.8) is 0 Å². The van der Waals surface area contributed by atoms with E-state index < -0.39 is 10.0 Å². The summed E-state index contributed by atoms with van der Waals surface area (Å²) in [4.78, 5) is 17.9. The fourth-order valence-electron chi connectivity index (χ4n) is 4.07. The Morgan fingerprint density at radius 2 is 1.72 bits per heavy atom. The number of carbonyl (C=O) groups is 1. The standard InChI is InChI=1S/C25H24ClN5O3S2/c1-17-15-23(31(29-17)25-27-22(16-35-25)18-5-9-20(26)10-6-18)28-24(32)19-7-11-21(12-8-19)36(33,34)30-13-3-2-4-14-30/h5-12,15-16H,2-4,13-14H2,1H3,(H,28,32). The van der Waals surface area contributed by atoms with Gasteiger partial charge >= 0.3 is 0 Å². The molecule has 1 fully saturated rings. The molecule has 1 N–H and O–H groups in total. The minimum atomic E-state index is -3.55. The van der Waals surface area contributed by atoms with Gasteiger partial charge in [-0.1, -0.05) is 30.2 Å². The molecule has 1 amide bonds. The van der Waals surface area contributed by atoms with Gasteiger partial charge in [-0.05, 0) is 56.2 Å². The molecule has 1 aliphatic heterocycles. The molecule has 0 radical (unpaired) electrons. The van der Waals surface area contributed by atoms with Crippen molar-refractivity contribution in [1.82, 2.24) is 19.1 Å². The molecule has 0 atom stereocenters. The van der Waals surface area contributed by atoms with E-state index in [2.05, 4.69) is 15.4 Å². The zero-order chi connectivity index (χ0) is 25.3. The van der Waals surface area contributed by atoms with Gasteiger partial charge in [0.15, 0.2) is 0 Å². The number of rotatable bonds is 6. The van der Waals surface area contributed by atoms with E-state index in [1.165, 1.54) is 39.9 Å². The SMILES string of the molecule is Cc1cc(NC(=O)c2ccc(S(=O)(=O)N3CCCCC3)cc2)n(-c2nc(-c3ccc(Cl)cc3)cs2)n1. The third kappa shape index (κ3) is 5.08. The van der Waals surface area contributed by atoms with Crippen LogP contribution in [0.3, 0.4) is 0 Å². The maximum atomic E-state index is 13.0. The van der Waals surface area contributed by atoms with E-state index in [4.69, 9.17) is 11.6 Å². The minimum absolute atomic E-state index is 0.194. The van der Waals surface area contributed by atoms with E-state index in [9.17, 15) is 13.2 Å². The van der Waals surface area contributed by atoms with Crippen LogP contribution < -0.4 is 5.32 Å². The summed E-state index contributed by atoms with van der Waals surface area (Å²) in [5.74, 6) is 0.104. The zero-order valence-corrected chi connectivity index (χ0v) is 21.9. The van der Waals surface area contributed by atoms with Gasteiger partial charge in [0, 0.05) is 40.7 Å². The molecule has 3 heterocycles. The molecule has 2 aromatic carbocycles. The smallest absolute Gasteiger partial charge is 0.256 e. The van der Waals surface area contributed by atoms with Crippen molar-refractivity contribution in [2.45, 2.75) is 31.1 Å². The molecule has 186 valence electrons. The molecule has 11 heteroatoms. The van der Waals surface area contributed by atoms with Gasteiger partial charge in [-0.3, -0.25) is 4.79 Å². The Kier molecular flexibility index (Phi) is 6.94. The van der Waals surface area contributed by atoms with Crippen molar-refractivity contribution in [2.24, 2.45) is 0 Å². The maximum absolute atomic E-state index is 13.0. The second kappa shape index (κ2) is 10.1. The van der Waals surface area contributed by atoms with E-state index in [0.29, 0.717) is 34.6 Å². The van der Waals surface area contributed by atoms with Gasteiger partial charge in [0.05, 0.1) is 16.3 Å². The van der Waals surface area contributed by atoms with Crippen molar-refractivity contribution in [1.29, 1.82) is 0 Å². The molecule has 2 aromatic heterocycles. The van der Waals surface area contributed by atoms with E-state index in [1.54, 1.807) is 10.7 Å². The predicted octanol–water partition coefficient (Wildman–Crippen LogP) is 5.38. The summed E-state index contributed by atoms with van der Waals surface area (Å²) in [5, 5.41) is 10.5. The second-order valence-electron chi connectivity index (χ2n) is 8.55. The first-order valence-corrected chi connectivity index (χ1v) is 14.2. The summed E-state index contributed by atoms with van der Waals surface area (Å²) >= 11 is 7.39. The molecule has 0 aliphatic carbocycles. The number of benzene rings is 2. The van der Waals surface area contributed by atoms with Crippen LogP contribution in [-0.4, -0.2) is 46.5 Å². The molecule has 36 heavy (non-hydrogen) atoms. The Balaban J connectivity index is 1.34. The van der Waals surface area contributed by atoms with Crippen molar-refractivity contribution in [3.05, 3.63) is 76.3 Å². The molecular weight excluding hydrogens is 518 g/mol. The Morgan fingerprint density at radius 1 is 1.03 bits per heavy atom. The van der Waals surface area contributed by atoms with Crippen LogP contribution in [0.5, 0.6) is 0 Å². The monoisotopic (exact) mass is 541 g/mol. The molecule has 1 aliphatic rings. The molecule has 1 saturated heterocycles. The number of sulfonamides is 1. The summed E-state index contributed by atoms with van der Waals surface area (Å²) in [6, 6.07) is 15.2. The average molecular weight is 542 g/mol. The first kappa shape index (κ1) is 24.6. The number of aromatic nitrogens is 3. The summed E-state index contributed by atoms with van der Waals surface area (Å²) < 4.78 is 28.9. The highest BCUT2D eigenvalue weighted by Gasteiger charge is 2.26. The maximum Gasteiger partial charge on any atom is 0.256 e. The lowest BCUT2D eigenvalue weighted by molar-refractivity contribution is 0.102. The molecule has 0 spiro atoms. The molecule has 4 aromatic rings. The van der Waals surface area contributed by atoms with Gasteiger partial charge in [0.2, 0.25) is 15.2 Å². The van der Waals surface area contributed by atoms with Crippen molar-refractivity contribution in [3.8, 4) is 16.4 Å². The highest BCUT2D eigenvalue weighted by molar-refractivity contribution is 7.89. The molecule has 0 bridgehead atoms. The summed E-state index contributed by atoms with van der Waals surface area (Å²) in [7, 11) is -3.55. The number of thiazole rings is 1. The van der Waals surface area contributed by atoms with Crippen LogP contribution in [-0.2, 0) is 10.0 Å². The predicted molar refractivity (Wildman–Crippen MR) is 141 cm³/mol. The minimum Gasteiger partial charge on any atom is -0.306 e. The van der Waals surface area contributed by atoms with Crippen LogP contribution in [0.4, 0.5) is 5.82 Å². The van der Waals surface area contributed by atoms with Crippen molar-refractivity contribution in [2.75, 3.05) is 18.4 Å². The van der Waals surface area contributed by atoms with Crippen LogP contribution in [0.2, 0.25) is 5.02 Å². The highest BCUT2D eigenvalue weighted by atomic mass is 35.5. The number of hydrogen-bond acceptors (Lipinski definition) is 6. The van der Waals surface area contributed by atoms with Gasteiger partial charge < -0.3 is 5.32 Å². The number of halogens is 1. The Labute approximate surface area is 218 Å². The van der Waals surface area contributed by atoms with Crippen LogP contribution in [0, 0.1) is 6.92 Å². The topological polar surface area (TPSA) is 97.2 Å². The lowest BCUT2D eigenvalue weighted by atomic mass is 10.2. The number of anilines is 1. The quantitative estimate of drug-likeness (QED) is 0.353. The largest absolute Gasteiger partial charge is 0.306 e. The van der Waals surface area contributed by atoms with E-state index in [0.717, 1.165) is 36.2 Å². The fraction of sp³-hybridized carbons (Fsp3) is 0.240. The first-order chi connectivity index (χ1) is 17.3. The van der Waals surface area contributed by atoms with E-state index in [1.807, 2.05) is 36.6 Å². The van der Waals surface area contributed by atoms with Crippen LogP contribution in [0.1, 0.15) is 35.3 Å². The summed E-state index contributed by atoms with van der Waals surface area (Å²) in [5.41, 5.74) is 2.77. The van der Waals surface area contributed by atoms with Gasteiger partial charge in [0.1, 0.15) is 5.82 Å². The Hall–Kier alpha value is -3.05. The number of nitrogens with zero attached hydrogens (tertiary/aromatic N) is 4. The molecule has 8 nitrogen and oxygen atoms in total. The lowest BCUT2D eigenvalue weighted by Crippen LogP contribution is -2.35. The summed E-state index contributed by atoms with van der Waals surface area (Å²) in [6.07, 6.45) is 2.78. The average Bonchev–Trinajstić information content (AvgIpc) is 3.51. The number of hydrogen-bond donors (Lipinski definition) is 1. The highest BCUT2D eigenvalue weighted by Crippen LogP contribution is 2.28. The lowest BCUT2D eigenvalue weighted by Gasteiger charge is -2.25. The number of carbonyl (C=O) groups excluding carboxylic acids is 1. The van der Waals surface area contributed by atoms with E-state index in [-0.39, 0.29) is 10.8 Å². The van der Waals surface area contributed by atoms with Crippen molar-refractivity contribution < 1.29 is 13.2 Å². The molecule has 0 unspecified atom stereocenters. The normalized spacial score (nSPS) is 14.6. The number of piperidine rings is 1. The van der Waals surface area contributed by atoms with Crippen LogP contribution in [0.25, 0.3) is 16.4 Å². The Bertz CT molecular complexity index is 1490. The van der Waals surface area contributed by atoms with Crippen LogP contribution >= 0.6 is 22.9 Å². The zero-order valence-electron chi connectivity index (χ0n) is 19.5. The third-order valence-corrected chi connectivity index (χ3v) is 8.94. The van der Waals surface area contributed by atoms with Crippen molar-refractivity contribution >= 4 is 44.7 Å². The van der Waals surface area contributed by atoms with Gasteiger partial charge in [-0.25, -0.2) is 13.4 Å². The second-order valence-corrected chi connectivity index (χ2v) is 11.8. The third-order valence-electron chi connectivity index (χ3n) is 5.96. The molecule has 5 rings (SSSR count). The number of aryl methyl sites for hydroxylation is 1. The number of nitrogens with one attached hydrogen (secondary N) is 1. The first-order valence-electron chi connectivity index (χ1n) is 11.5. The number of amides is 1. The van der Waals surface area contributed by atoms with E-state index >= 15 is 0 Å². The molecule has 0 saturated carbocycles.